The van der Waals surface area contributed by atoms with Gasteiger partial charge in [-0.25, -0.2) is 0 Å². The van der Waals surface area contributed by atoms with Crippen molar-refractivity contribution in [3.63, 3.8) is 0 Å². The Labute approximate surface area is 104 Å². The Morgan fingerprint density at radius 3 is 2.11 bits per heavy atom. The SMILES string of the molecule is O=C(O)[C@@H]1CCCN1O.O=C(O)[C@@H]1C[C@@H](O)CN1. The number of hydrogen-bond acceptors (Lipinski definition) is 6. The smallest absolute Gasteiger partial charge is 0.323 e. The van der Waals surface area contributed by atoms with E-state index < -0.39 is 30.1 Å². The molecule has 2 rings (SSSR count). The number of hydrogen-bond donors (Lipinski definition) is 5. The van der Waals surface area contributed by atoms with Crippen molar-refractivity contribution < 1.29 is 30.1 Å². The third kappa shape index (κ3) is 4.22. The summed E-state index contributed by atoms with van der Waals surface area (Å²) in [6, 6.07) is -1.20. The van der Waals surface area contributed by atoms with Crippen molar-refractivity contribution in [2.45, 2.75) is 37.5 Å². The molecule has 0 aromatic carbocycles. The van der Waals surface area contributed by atoms with E-state index in [1.807, 2.05) is 0 Å². The highest BCUT2D eigenvalue weighted by molar-refractivity contribution is 5.74. The highest BCUT2D eigenvalue weighted by atomic mass is 16.5. The molecule has 0 radical (unpaired) electrons. The lowest BCUT2D eigenvalue weighted by Gasteiger charge is -2.11. The number of hydroxylamine groups is 2. The van der Waals surface area contributed by atoms with Crippen molar-refractivity contribution >= 4 is 11.9 Å². The Morgan fingerprint density at radius 2 is 1.89 bits per heavy atom. The standard InChI is InChI=1S/2C5H9NO3/c7-3-1-4(5(8)9)6-2-3;7-5(8)4-2-1-3-6(4)9/h3-4,6-7H,1-2H2,(H,8,9);4,9H,1-3H2,(H,7,8)/t3-,4+;4-/m10/s1. The van der Waals surface area contributed by atoms with E-state index in [9.17, 15) is 9.59 Å². The summed E-state index contributed by atoms with van der Waals surface area (Å²) in [5.74, 6) is -1.82. The van der Waals surface area contributed by atoms with Gasteiger partial charge in [0.05, 0.1) is 6.10 Å². The number of nitrogens with one attached hydrogen (secondary N) is 1. The Morgan fingerprint density at radius 1 is 1.22 bits per heavy atom. The van der Waals surface area contributed by atoms with Gasteiger partial charge < -0.3 is 25.8 Å². The van der Waals surface area contributed by atoms with Crippen LogP contribution in [0.5, 0.6) is 0 Å². The molecule has 8 nitrogen and oxygen atoms in total. The zero-order chi connectivity index (χ0) is 13.7. The second-order valence-corrected chi connectivity index (χ2v) is 4.35. The predicted octanol–water partition coefficient (Wildman–Crippen LogP) is -1.28. The molecule has 0 aliphatic carbocycles. The van der Waals surface area contributed by atoms with Gasteiger partial charge in [-0.2, -0.15) is 5.06 Å². The van der Waals surface area contributed by atoms with E-state index in [-0.39, 0.29) is 0 Å². The number of carbonyl (C=O) groups is 2. The molecule has 2 aliphatic heterocycles. The third-order valence-corrected chi connectivity index (χ3v) is 2.92. The predicted molar refractivity (Wildman–Crippen MR) is 59.2 cm³/mol. The topological polar surface area (TPSA) is 130 Å². The second kappa shape index (κ2) is 6.64. The van der Waals surface area contributed by atoms with Gasteiger partial charge >= 0.3 is 11.9 Å². The fraction of sp³-hybridized carbons (Fsp3) is 0.800. The lowest BCUT2D eigenvalue weighted by Crippen LogP contribution is -2.32. The lowest BCUT2D eigenvalue weighted by molar-refractivity contribution is -0.161. The average molecular weight is 262 g/mol. The molecule has 104 valence electrons. The molecule has 0 unspecified atom stereocenters. The van der Waals surface area contributed by atoms with Gasteiger partial charge in [0.15, 0.2) is 0 Å². The van der Waals surface area contributed by atoms with Crippen LogP contribution in [-0.2, 0) is 9.59 Å². The van der Waals surface area contributed by atoms with E-state index in [0.717, 1.165) is 11.5 Å². The summed E-state index contributed by atoms with van der Waals surface area (Å²) in [4.78, 5) is 20.4. The van der Waals surface area contributed by atoms with Crippen molar-refractivity contribution in [3.05, 3.63) is 0 Å². The summed E-state index contributed by atoms with van der Waals surface area (Å²) in [7, 11) is 0. The first-order valence-electron chi connectivity index (χ1n) is 5.74. The van der Waals surface area contributed by atoms with Crippen molar-refractivity contribution in [2.24, 2.45) is 0 Å². The van der Waals surface area contributed by atoms with Crippen LogP contribution in [0.3, 0.4) is 0 Å². The number of aliphatic carboxylic acids is 2. The van der Waals surface area contributed by atoms with Crippen LogP contribution in [0.25, 0.3) is 0 Å². The van der Waals surface area contributed by atoms with Crippen LogP contribution in [0.2, 0.25) is 0 Å². The van der Waals surface area contributed by atoms with E-state index in [0.29, 0.717) is 25.9 Å². The van der Waals surface area contributed by atoms with Crippen LogP contribution in [0, 0.1) is 0 Å². The summed E-state index contributed by atoms with van der Waals surface area (Å²) in [5.41, 5.74) is 0. The minimum atomic E-state index is -0.935. The highest BCUT2D eigenvalue weighted by Gasteiger charge is 2.29. The first-order chi connectivity index (χ1) is 8.41. The molecule has 2 aliphatic rings. The average Bonchev–Trinajstić information content (AvgIpc) is 2.87. The normalized spacial score (nSPS) is 31.8. The number of carboxylic acids is 2. The fourth-order valence-corrected chi connectivity index (χ4v) is 1.91. The Balaban J connectivity index is 0.000000180. The maximum Gasteiger partial charge on any atom is 0.323 e. The van der Waals surface area contributed by atoms with Gasteiger partial charge in [0, 0.05) is 19.5 Å². The van der Waals surface area contributed by atoms with Crippen LogP contribution in [0.15, 0.2) is 0 Å². The van der Waals surface area contributed by atoms with Crippen LogP contribution in [0.4, 0.5) is 0 Å². The maximum absolute atomic E-state index is 10.2. The second-order valence-electron chi connectivity index (χ2n) is 4.35. The minimum Gasteiger partial charge on any atom is -0.480 e. The van der Waals surface area contributed by atoms with E-state index in [4.69, 9.17) is 20.5 Å². The maximum atomic E-state index is 10.2. The molecule has 2 saturated heterocycles. The summed E-state index contributed by atoms with van der Waals surface area (Å²) in [5, 5.41) is 37.9. The fourth-order valence-electron chi connectivity index (χ4n) is 1.91. The monoisotopic (exact) mass is 262 g/mol. The van der Waals surface area contributed by atoms with Crippen molar-refractivity contribution in [2.75, 3.05) is 13.1 Å². The summed E-state index contributed by atoms with van der Waals surface area (Å²) in [6.07, 6.45) is 1.18. The molecular formula is C10H18N2O6. The number of rotatable bonds is 2. The molecule has 18 heavy (non-hydrogen) atoms. The van der Waals surface area contributed by atoms with Crippen molar-refractivity contribution in [1.29, 1.82) is 0 Å². The van der Waals surface area contributed by atoms with Crippen molar-refractivity contribution in [1.82, 2.24) is 10.4 Å². The zero-order valence-electron chi connectivity index (χ0n) is 9.82. The van der Waals surface area contributed by atoms with Gasteiger partial charge in [-0.3, -0.25) is 9.59 Å². The molecule has 0 aromatic rings. The molecule has 0 bridgehead atoms. The first-order valence-corrected chi connectivity index (χ1v) is 5.74. The number of aliphatic hydroxyl groups excluding tert-OH is 1. The lowest BCUT2D eigenvalue weighted by atomic mass is 10.2. The molecule has 0 aromatic heterocycles. The molecule has 3 atom stereocenters. The van der Waals surface area contributed by atoms with Crippen LogP contribution in [-0.4, -0.2) is 68.8 Å². The third-order valence-electron chi connectivity index (χ3n) is 2.92. The van der Waals surface area contributed by atoms with E-state index in [1.54, 1.807) is 0 Å². The van der Waals surface area contributed by atoms with E-state index >= 15 is 0 Å². The summed E-state index contributed by atoms with van der Waals surface area (Å²) in [6.45, 7) is 0.883. The number of β-amino-alcohol motifs (C(OH)–C–C–N with tert-alkyl or cyclic N) is 1. The van der Waals surface area contributed by atoms with Gasteiger partial charge in [0.1, 0.15) is 12.1 Å². The molecule has 0 amide bonds. The van der Waals surface area contributed by atoms with Gasteiger partial charge in [0.25, 0.3) is 0 Å². The van der Waals surface area contributed by atoms with Crippen LogP contribution >= 0.6 is 0 Å². The Bertz CT molecular complexity index is 311. The van der Waals surface area contributed by atoms with Gasteiger partial charge in [0.2, 0.25) is 0 Å². The van der Waals surface area contributed by atoms with Gasteiger partial charge in [-0.15, -0.1) is 0 Å². The quantitative estimate of drug-likeness (QED) is 0.416. The number of aliphatic hydroxyl groups is 1. The molecule has 0 spiro atoms. The molecule has 0 saturated carbocycles. The van der Waals surface area contributed by atoms with Gasteiger partial charge in [-0.1, -0.05) is 0 Å². The summed E-state index contributed by atoms with van der Waals surface area (Å²) >= 11 is 0. The van der Waals surface area contributed by atoms with E-state index in [1.165, 1.54) is 0 Å². The molecular weight excluding hydrogens is 244 g/mol. The van der Waals surface area contributed by atoms with Gasteiger partial charge in [-0.05, 0) is 12.8 Å². The molecule has 2 heterocycles. The van der Waals surface area contributed by atoms with Crippen molar-refractivity contribution in [3.8, 4) is 0 Å². The largest absolute Gasteiger partial charge is 0.480 e. The Hall–Kier alpha value is -1.22. The van der Waals surface area contributed by atoms with Crippen LogP contribution < -0.4 is 5.32 Å². The Kier molecular flexibility index (Phi) is 5.48. The first kappa shape index (κ1) is 14.8. The minimum absolute atomic E-state index is 0.329. The number of carboxylic acid groups (broad SMARTS) is 2. The number of nitrogens with zero attached hydrogens (tertiary/aromatic N) is 1. The molecule has 2 fully saturated rings. The summed E-state index contributed by atoms with van der Waals surface area (Å²) < 4.78 is 0. The molecule has 5 N–H and O–H groups in total. The molecule has 8 heteroatoms. The van der Waals surface area contributed by atoms with Crippen LogP contribution in [0.1, 0.15) is 19.3 Å². The van der Waals surface area contributed by atoms with E-state index in [2.05, 4.69) is 5.32 Å². The highest BCUT2D eigenvalue weighted by Crippen LogP contribution is 2.13. The zero-order valence-corrected chi connectivity index (χ0v) is 9.82.